The van der Waals surface area contributed by atoms with E-state index in [1.807, 2.05) is 39.0 Å². The summed E-state index contributed by atoms with van der Waals surface area (Å²) in [6.07, 6.45) is 4.77. The van der Waals surface area contributed by atoms with E-state index in [2.05, 4.69) is 42.5 Å². The monoisotopic (exact) mass is 416 g/mol. The van der Waals surface area contributed by atoms with Crippen LogP contribution in [0.3, 0.4) is 0 Å². The summed E-state index contributed by atoms with van der Waals surface area (Å²) in [7, 11) is -1.24. The summed E-state index contributed by atoms with van der Waals surface area (Å²) in [6.45, 7) is 5.80. The number of carbonyl (C=O) groups excluding carboxylic acids is 1. The molecule has 30 heavy (non-hydrogen) atoms. The lowest BCUT2D eigenvalue weighted by atomic mass is 9.90. The Morgan fingerprint density at radius 1 is 0.767 bits per heavy atom. The fourth-order valence-electron chi connectivity index (χ4n) is 4.01. The largest absolute Gasteiger partial charge is 0.298 e. The zero-order valence-electron chi connectivity index (χ0n) is 17.9. The Bertz CT molecular complexity index is 1100. The predicted octanol–water partition coefficient (Wildman–Crippen LogP) is 5.96. The van der Waals surface area contributed by atoms with Gasteiger partial charge in [0.2, 0.25) is 0 Å². The van der Waals surface area contributed by atoms with Gasteiger partial charge in [0.1, 0.15) is 0 Å². The molecule has 0 heterocycles. The zero-order valence-corrected chi connectivity index (χ0v) is 18.7. The van der Waals surface area contributed by atoms with E-state index < -0.39 is 15.5 Å². The molecule has 0 radical (unpaired) electrons. The van der Waals surface area contributed by atoms with E-state index in [0.717, 1.165) is 37.5 Å². The van der Waals surface area contributed by atoms with Crippen LogP contribution in [0.2, 0.25) is 0 Å². The van der Waals surface area contributed by atoms with Gasteiger partial charge in [-0.3, -0.25) is 9.00 Å². The van der Waals surface area contributed by atoms with Gasteiger partial charge in [0, 0.05) is 15.2 Å². The molecule has 0 fully saturated rings. The average molecular weight is 417 g/mol. The molecule has 0 aliphatic heterocycles. The normalized spacial score (nSPS) is 14.8. The van der Waals surface area contributed by atoms with Crippen LogP contribution in [-0.4, -0.2) is 15.2 Å². The molecule has 0 saturated heterocycles. The van der Waals surface area contributed by atoms with Crippen molar-refractivity contribution in [1.29, 1.82) is 0 Å². The van der Waals surface area contributed by atoms with Gasteiger partial charge in [-0.2, -0.15) is 0 Å². The van der Waals surface area contributed by atoms with Crippen molar-refractivity contribution in [3.63, 3.8) is 0 Å². The number of aldehydes is 1. The Morgan fingerprint density at radius 3 is 2.00 bits per heavy atom. The summed E-state index contributed by atoms with van der Waals surface area (Å²) < 4.78 is 12.5. The van der Waals surface area contributed by atoms with E-state index in [-0.39, 0.29) is 0 Å². The molecule has 154 valence electrons. The topological polar surface area (TPSA) is 34.1 Å². The Balaban J connectivity index is 1.77. The molecule has 0 aromatic heterocycles. The molecule has 4 bridgehead atoms. The SMILES string of the molecule is CC(C)(C)S(=O)c1ccc(-c2cc3ccc2CCc2ccc(cc2)CC3)cc1C=O. The van der Waals surface area contributed by atoms with Crippen LogP contribution in [0.1, 0.15) is 53.4 Å². The Labute approximate surface area is 181 Å². The van der Waals surface area contributed by atoms with Crippen molar-refractivity contribution >= 4 is 17.1 Å². The minimum absolute atomic E-state index is 0.409. The summed E-state index contributed by atoms with van der Waals surface area (Å²) >= 11 is 0. The smallest absolute Gasteiger partial charge is 0.151 e. The molecule has 0 N–H and O–H groups in total. The van der Waals surface area contributed by atoms with Crippen molar-refractivity contribution < 1.29 is 9.00 Å². The number of carbonyl (C=O) groups is 1. The van der Waals surface area contributed by atoms with Gasteiger partial charge in [0.05, 0.1) is 10.8 Å². The van der Waals surface area contributed by atoms with Gasteiger partial charge in [-0.1, -0.05) is 48.5 Å². The maximum atomic E-state index is 12.9. The third-order valence-electron chi connectivity index (χ3n) is 5.79. The Morgan fingerprint density at radius 2 is 1.37 bits per heavy atom. The molecule has 4 aliphatic rings. The summed E-state index contributed by atoms with van der Waals surface area (Å²) in [5.74, 6) is 0. The van der Waals surface area contributed by atoms with E-state index in [9.17, 15) is 9.00 Å². The highest BCUT2D eigenvalue weighted by atomic mass is 32.2. The minimum atomic E-state index is -1.24. The molecule has 0 saturated carbocycles. The number of hydrogen-bond donors (Lipinski definition) is 0. The Hall–Kier alpha value is -2.52. The molecule has 1 atom stereocenters. The van der Waals surface area contributed by atoms with Gasteiger partial charge in [-0.25, -0.2) is 0 Å². The summed E-state index contributed by atoms with van der Waals surface area (Å²) in [5, 5.41) is 0. The first-order valence-electron chi connectivity index (χ1n) is 10.6. The number of rotatable bonds is 3. The highest BCUT2D eigenvalue weighted by Crippen LogP contribution is 2.31. The van der Waals surface area contributed by atoms with Crippen LogP contribution in [0.15, 0.2) is 65.6 Å². The third-order valence-corrected chi connectivity index (χ3v) is 7.67. The van der Waals surface area contributed by atoms with Gasteiger partial charge in [-0.05, 0) is 92.0 Å². The number of benzene rings is 3. The lowest BCUT2D eigenvalue weighted by Crippen LogP contribution is -2.22. The van der Waals surface area contributed by atoms with Gasteiger partial charge < -0.3 is 0 Å². The quantitative estimate of drug-likeness (QED) is 0.494. The van der Waals surface area contributed by atoms with Crippen LogP contribution in [0.25, 0.3) is 11.1 Å². The Kier molecular flexibility index (Phi) is 5.75. The zero-order chi connectivity index (χ0) is 21.3. The molecule has 4 aliphatic carbocycles. The average Bonchev–Trinajstić information content (AvgIpc) is 2.74. The van der Waals surface area contributed by atoms with Crippen LogP contribution < -0.4 is 0 Å². The maximum Gasteiger partial charge on any atom is 0.151 e. The summed E-state index contributed by atoms with van der Waals surface area (Å²) in [6, 6.07) is 21.5. The molecule has 3 aromatic carbocycles. The fraction of sp³-hybridized carbons (Fsp3) is 0.296. The first kappa shape index (κ1) is 20.7. The van der Waals surface area contributed by atoms with Crippen LogP contribution in [-0.2, 0) is 36.5 Å². The van der Waals surface area contributed by atoms with Gasteiger partial charge in [0.25, 0.3) is 0 Å². The van der Waals surface area contributed by atoms with E-state index in [4.69, 9.17) is 0 Å². The van der Waals surface area contributed by atoms with E-state index in [1.54, 1.807) is 0 Å². The van der Waals surface area contributed by atoms with Crippen molar-refractivity contribution in [3.8, 4) is 11.1 Å². The van der Waals surface area contributed by atoms with E-state index >= 15 is 0 Å². The van der Waals surface area contributed by atoms with Crippen LogP contribution in [0.5, 0.6) is 0 Å². The molecule has 0 spiro atoms. The first-order chi connectivity index (χ1) is 14.3. The van der Waals surface area contributed by atoms with Gasteiger partial charge in [0.15, 0.2) is 6.29 Å². The lowest BCUT2D eigenvalue weighted by Gasteiger charge is -2.20. The van der Waals surface area contributed by atoms with Gasteiger partial charge in [-0.15, -0.1) is 0 Å². The molecular weight excluding hydrogens is 388 g/mol. The van der Waals surface area contributed by atoms with Crippen LogP contribution >= 0.6 is 0 Å². The summed E-state index contributed by atoms with van der Waals surface area (Å²) in [5.41, 5.74) is 8.01. The number of aryl methyl sites for hydroxylation is 4. The highest BCUT2D eigenvalue weighted by molar-refractivity contribution is 7.86. The second-order valence-electron chi connectivity index (χ2n) is 9.06. The van der Waals surface area contributed by atoms with E-state index in [0.29, 0.717) is 10.5 Å². The summed E-state index contributed by atoms with van der Waals surface area (Å²) in [4.78, 5) is 12.5. The van der Waals surface area contributed by atoms with Crippen molar-refractivity contribution in [2.24, 2.45) is 0 Å². The first-order valence-corrected chi connectivity index (χ1v) is 11.7. The van der Waals surface area contributed by atoms with Crippen molar-refractivity contribution in [3.05, 3.63) is 88.5 Å². The van der Waals surface area contributed by atoms with Crippen molar-refractivity contribution in [2.45, 2.75) is 56.1 Å². The standard InChI is InChI=1S/C27H28O2S/c1-27(2,3)30(29)26-15-14-23(17-24(26)18-28)25-16-21-9-8-19-4-6-20(7-5-19)10-12-22(25)13-11-21/h4-7,11,13-18H,8-10,12H2,1-3H3. The fourth-order valence-corrected chi connectivity index (χ4v) is 5.19. The molecule has 3 aromatic rings. The second kappa shape index (κ2) is 8.31. The molecule has 3 heteroatoms. The highest BCUT2D eigenvalue weighted by Gasteiger charge is 2.24. The van der Waals surface area contributed by atoms with Gasteiger partial charge >= 0.3 is 0 Å². The van der Waals surface area contributed by atoms with Crippen molar-refractivity contribution in [2.75, 3.05) is 0 Å². The maximum absolute atomic E-state index is 12.9. The molecule has 1 unspecified atom stereocenters. The second-order valence-corrected chi connectivity index (χ2v) is 11.3. The molecular formula is C27H28O2S. The van der Waals surface area contributed by atoms with Crippen LogP contribution in [0.4, 0.5) is 0 Å². The van der Waals surface area contributed by atoms with Crippen molar-refractivity contribution in [1.82, 2.24) is 0 Å². The number of hydrogen-bond acceptors (Lipinski definition) is 2. The third kappa shape index (κ3) is 4.32. The minimum Gasteiger partial charge on any atom is -0.298 e. The van der Waals surface area contributed by atoms with Crippen LogP contribution in [0, 0.1) is 0 Å². The molecule has 2 nitrogen and oxygen atoms in total. The molecule has 7 rings (SSSR count). The predicted molar refractivity (Wildman–Crippen MR) is 125 cm³/mol. The molecule has 0 amide bonds. The lowest BCUT2D eigenvalue weighted by molar-refractivity contribution is 0.112. The van der Waals surface area contributed by atoms with E-state index in [1.165, 1.54) is 27.8 Å².